The van der Waals surface area contributed by atoms with Crippen LogP contribution in [0.2, 0.25) is 5.02 Å². The van der Waals surface area contributed by atoms with Crippen molar-refractivity contribution in [3.63, 3.8) is 0 Å². The summed E-state index contributed by atoms with van der Waals surface area (Å²) in [5.74, 6) is -0.293. The highest BCUT2D eigenvalue weighted by Crippen LogP contribution is 2.19. The average molecular weight is 380 g/mol. The summed E-state index contributed by atoms with van der Waals surface area (Å²) in [6.45, 7) is 5.50. The SMILES string of the molecule is CC(C)(C)C(=O)CNC(=O)c1ccc(I)c(Cl)c1. The Kier molecular flexibility index (Phi) is 5.16. The Bertz CT molecular complexity index is 480. The van der Waals surface area contributed by atoms with E-state index < -0.39 is 5.41 Å². The molecule has 1 amide bonds. The number of benzene rings is 1. The largest absolute Gasteiger partial charge is 0.345 e. The second kappa shape index (κ2) is 6.02. The zero-order valence-electron chi connectivity index (χ0n) is 10.5. The molecule has 0 saturated carbocycles. The summed E-state index contributed by atoms with van der Waals surface area (Å²) in [6.07, 6.45) is 0. The minimum absolute atomic E-state index is 0.00698. The van der Waals surface area contributed by atoms with Crippen LogP contribution in [0.1, 0.15) is 31.1 Å². The lowest BCUT2D eigenvalue weighted by Crippen LogP contribution is -2.35. The first-order valence-electron chi connectivity index (χ1n) is 5.48. The van der Waals surface area contributed by atoms with Crippen LogP contribution >= 0.6 is 34.2 Å². The van der Waals surface area contributed by atoms with Crippen molar-refractivity contribution in [2.45, 2.75) is 20.8 Å². The fourth-order valence-electron chi connectivity index (χ4n) is 1.17. The average Bonchev–Trinajstić information content (AvgIpc) is 2.27. The molecule has 18 heavy (non-hydrogen) atoms. The molecule has 3 nitrogen and oxygen atoms in total. The van der Waals surface area contributed by atoms with Gasteiger partial charge in [0.1, 0.15) is 0 Å². The molecule has 0 aliphatic heterocycles. The van der Waals surface area contributed by atoms with Crippen molar-refractivity contribution in [3.05, 3.63) is 32.4 Å². The summed E-state index contributed by atoms with van der Waals surface area (Å²) < 4.78 is 0.886. The number of nitrogens with one attached hydrogen (secondary N) is 1. The molecule has 0 atom stereocenters. The Balaban J connectivity index is 2.66. The summed E-state index contributed by atoms with van der Waals surface area (Å²) in [6, 6.07) is 5.05. The second-order valence-corrected chi connectivity index (χ2v) is 6.55. The maximum Gasteiger partial charge on any atom is 0.251 e. The van der Waals surface area contributed by atoms with Crippen LogP contribution in [0.4, 0.5) is 0 Å². The normalized spacial score (nSPS) is 11.2. The number of ketones is 1. The minimum atomic E-state index is -0.447. The van der Waals surface area contributed by atoms with E-state index in [9.17, 15) is 9.59 Å². The van der Waals surface area contributed by atoms with Gasteiger partial charge in [0, 0.05) is 14.5 Å². The molecule has 5 heteroatoms. The lowest BCUT2D eigenvalue weighted by Gasteiger charge is -2.16. The zero-order chi connectivity index (χ0) is 13.9. The van der Waals surface area contributed by atoms with Crippen molar-refractivity contribution in [3.8, 4) is 0 Å². The van der Waals surface area contributed by atoms with E-state index in [1.807, 2.05) is 20.8 Å². The quantitative estimate of drug-likeness (QED) is 0.819. The van der Waals surface area contributed by atoms with E-state index in [0.717, 1.165) is 3.57 Å². The van der Waals surface area contributed by atoms with Crippen LogP contribution < -0.4 is 5.32 Å². The highest BCUT2D eigenvalue weighted by Gasteiger charge is 2.21. The molecule has 0 saturated heterocycles. The van der Waals surface area contributed by atoms with E-state index in [-0.39, 0.29) is 18.2 Å². The number of Topliss-reactive ketones (excluding diaryl/α,β-unsaturated/α-hetero) is 1. The van der Waals surface area contributed by atoms with Gasteiger partial charge in [0.05, 0.1) is 11.6 Å². The van der Waals surface area contributed by atoms with Crippen molar-refractivity contribution in [1.82, 2.24) is 5.32 Å². The molecule has 0 fully saturated rings. The summed E-state index contributed by atoms with van der Waals surface area (Å²) in [7, 11) is 0. The first-order chi connectivity index (χ1) is 8.21. The third-order valence-electron chi connectivity index (χ3n) is 2.43. The maximum absolute atomic E-state index is 11.8. The molecule has 1 aromatic carbocycles. The Morgan fingerprint density at radius 2 is 1.94 bits per heavy atom. The maximum atomic E-state index is 11.8. The molecule has 0 bridgehead atoms. The number of carbonyl (C=O) groups excluding carboxylic acids is 2. The Morgan fingerprint density at radius 1 is 1.33 bits per heavy atom. The Labute approximate surface area is 125 Å². The van der Waals surface area contributed by atoms with E-state index in [1.165, 1.54) is 0 Å². The molecule has 0 aromatic heterocycles. The van der Waals surface area contributed by atoms with Crippen molar-refractivity contribution >= 4 is 45.9 Å². The Morgan fingerprint density at radius 3 is 2.44 bits per heavy atom. The lowest BCUT2D eigenvalue weighted by molar-refractivity contribution is -0.125. The number of hydrogen-bond acceptors (Lipinski definition) is 2. The van der Waals surface area contributed by atoms with E-state index in [0.29, 0.717) is 10.6 Å². The molecule has 1 aromatic rings. The first-order valence-corrected chi connectivity index (χ1v) is 6.94. The van der Waals surface area contributed by atoms with Crippen molar-refractivity contribution in [2.75, 3.05) is 6.54 Å². The molecule has 0 unspecified atom stereocenters. The van der Waals surface area contributed by atoms with E-state index in [4.69, 9.17) is 11.6 Å². The molecular formula is C13H15ClINO2. The van der Waals surface area contributed by atoms with Crippen LogP contribution in [-0.2, 0) is 4.79 Å². The van der Waals surface area contributed by atoms with Gasteiger partial charge in [-0.1, -0.05) is 32.4 Å². The van der Waals surface area contributed by atoms with Gasteiger partial charge < -0.3 is 5.32 Å². The summed E-state index contributed by atoms with van der Waals surface area (Å²) >= 11 is 8.03. The van der Waals surface area contributed by atoms with Gasteiger partial charge in [0.25, 0.3) is 5.91 Å². The van der Waals surface area contributed by atoms with Crippen LogP contribution in [0.25, 0.3) is 0 Å². The van der Waals surface area contributed by atoms with Gasteiger partial charge >= 0.3 is 0 Å². The van der Waals surface area contributed by atoms with Crippen LogP contribution in [0.15, 0.2) is 18.2 Å². The third-order valence-corrected chi connectivity index (χ3v) is 4.00. The number of carbonyl (C=O) groups is 2. The highest BCUT2D eigenvalue weighted by atomic mass is 127. The summed E-state index contributed by atoms with van der Waals surface area (Å²) in [5, 5.41) is 3.14. The lowest BCUT2D eigenvalue weighted by atomic mass is 9.91. The first kappa shape index (κ1) is 15.4. The fraction of sp³-hybridized carbons (Fsp3) is 0.385. The van der Waals surface area contributed by atoms with E-state index >= 15 is 0 Å². The van der Waals surface area contributed by atoms with Gasteiger partial charge in [0.15, 0.2) is 5.78 Å². The standard InChI is InChI=1S/C13H15ClINO2/c1-13(2,3)11(17)7-16-12(18)8-4-5-10(15)9(14)6-8/h4-6H,7H2,1-3H3,(H,16,18). The summed E-state index contributed by atoms with van der Waals surface area (Å²) in [5.41, 5.74) is 0.0129. The van der Waals surface area contributed by atoms with Gasteiger partial charge in [-0.3, -0.25) is 9.59 Å². The molecule has 0 aliphatic carbocycles. The zero-order valence-corrected chi connectivity index (χ0v) is 13.4. The van der Waals surface area contributed by atoms with Crippen molar-refractivity contribution in [2.24, 2.45) is 5.41 Å². The molecule has 0 spiro atoms. The predicted molar refractivity (Wildman–Crippen MR) is 81.0 cm³/mol. The number of halogens is 2. The second-order valence-electron chi connectivity index (χ2n) is 4.98. The van der Waals surface area contributed by atoms with Crippen LogP contribution in [0.5, 0.6) is 0 Å². The monoisotopic (exact) mass is 379 g/mol. The van der Waals surface area contributed by atoms with Gasteiger partial charge in [-0.05, 0) is 40.8 Å². The minimum Gasteiger partial charge on any atom is -0.345 e. The van der Waals surface area contributed by atoms with Crippen LogP contribution in [0, 0.1) is 8.99 Å². The molecule has 0 heterocycles. The number of amides is 1. The van der Waals surface area contributed by atoms with Gasteiger partial charge in [0.2, 0.25) is 0 Å². The Hall–Kier alpha value is -0.620. The third kappa shape index (κ3) is 4.24. The van der Waals surface area contributed by atoms with Crippen LogP contribution in [0.3, 0.4) is 0 Å². The van der Waals surface area contributed by atoms with Gasteiger partial charge in [-0.15, -0.1) is 0 Å². The number of hydrogen-bond donors (Lipinski definition) is 1. The van der Waals surface area contributed by atoms with E-state index in [2.05, 4.69) is 27.9 Å². The smallest absolute Gasteiger partial charge is 0.251 e. The van der Waals surface area contributed by atoms with Gasteiger partial charge in [-0.2, -0.15) is 0 Å². The highest BCUT2D eigenvalue weighted by molar-refractivity contribution is 14.1. The fourth-order valence-corrected chi connectivity index (χ4v) is 1.68. The van der Waals surface area contributed by atoms with Gasteiger partial charge in [-0.25, -0.2) is 0 Å². The number of rotatable bonds is 3. The molecule has 0 aliphatic rings. The molecule has 1 N–H and O–H groups in total. The van der Waals surface area contributed by atoms with E-state index in [1.54, 1.807) is 18.2 Å². The predicted octanol–water partition coefficient (Wildman–Crippen LogP) is 3.29. The van der Waals surface area contributed by atoms with Crippen LogP contribution in [-0.4, -0.2) is 18.2 Å². The topological polar surface area (TPSA) is 46.2 Å². The van der Waals surface area contributed by atoms with Crippen molar-refractivity contribution < 1.29 is 9.59 Å². The van der Waals surface area contributed by atoms with Crippen molar-refractivity contribution in [1.29, 1.82) is 0 Å². The molecule has 0 radical (unpaired) electrons. The molecule has 1 rings (SSSR count). The summed E-state index contributed by atoms with van der Waals surface area (Å²) in [4.78, 5) is 23.5. The molecule has 98 valence electrons. The molecular weight excluding hydrogens is 365 g/mol.